The number of nitro groups is 1. The van der Waals surface area contributed by atoms with Crippen LogP contribution in [0.25, 0.3) is 0 Å². The first-order valence-electron chi connectivity index (χ1n) is 6.39. The molecule has 0 bridgehead atoms. The van der Waals surface area contributed by atoms with E-state index in [9.17, 15) is 14.9 Å². The van der Waals surface area contributed by atoms with E-state index >= 15 is 0 Å². The van der Waals surface area contributed by atoms with Crippen molar-refractivity contribution < 1.29 is 9.72 Å². The third kappa shape index (κ3) is 3.65. The molecule has 0 spiro atoms. The Hall–Kier alpha value is -2.71. The highest BCUT2D eigenvalue weighted by molar-refractivity contribution is 5.75. The standard InChI is InChI=1S/C12H16N6O3/c1-9-11(18(20)21)8-17(15-9)6-4-12(19)13-7-10-3-5-14-16(10)2/h3,5,8H,4,6-7H2,1-2H3,(H,13,19). The van der Waals surface area contributed by atoms with E-state index in [0.29, 0.717) is 18.8 Å². The van der Waals surface area contributed by atoms with Crippen LogP contribution in [0.2, 0.25) is 0 Å². The Morgan fingerprint density at radius 1 is 1.52 bits per heavy atom. The minimum atomic E-state index is -0.485. The van der Waals surface area contributed by atoms with Gasteiger partial charge in [-0.25, -0.2) is 0 Å². The Bertz CT molecular complexity index is 660. The van der Waals surface area contributed by atoms with Gasteiger partial charge in [0.25, 0.3) is 0 Å². The highest BCUT2D eigenvalue weighted by Gasteiger charge is 2.15. The molecule has 0 aliphatic heterocycles. The Morgan fingerprint density at radius 2 is 2.29 bits per heavy atom. The smallest absolute Gasteiger partial charge is 0.309 e. The molecule has 2 aromatic heterocycles. The molecule has 0 radical (unpaired) electrons. The van der Waals surface area contributed by atoms with Gasteiger partial charge in [0.05, 0.1) is 17.2 Å². The molecule has 2 rings (SSSR count). The summed E-state index contributed by atoms with van der Waals surface area (Å²) in [6.07, 6.45) is 3.20. The zero-order valence-corrected chi connectivity index (χ0v) is 11.8. The van der Waals surface area contributed by atoms with Crippen molar-refractivity contribution in [3.8, 4) is 0 Å². The second kappa shape index (κ2) is 6.16. The van der Waals surface area contributed by atoms with Crippen molar-refractivity contribution in [3.63, 3.8) is 0 Å². The summed E-state index contributed by atoms with van der Waals surface area (Å²) >= 11 is 0. The third-order valence-corrected chi connectivity index (χ3v) is 3.07. The van der Waals surface area contributed by atoms with E-state index in [-0.39, 0.29) is 18.0 Å². The monoisotopic (exact) mass is 292 g/mol. The number of nitrogens with zero attached hydrogens (tertiary/aromatic N) is 5. The van der Waals surface area contributed by atoms with Crippen molar-refractivity contribution in [1.82, 2.24) is 24.9 Å². The van der Waals surface area contributed by atoms with Gasteiger partial charge in [0.2, 0.25) is 5.91 Å². The molecule has 1 amide bonds. The van der Waals surface area contributed by atoms with Crippen LogP contribution in [0.4, 0.5) is 5.69 Å². The molecule has 1 N–H and O–H groups in total. The molecule has 9 heteroatoms. The fourth-order valence-corrected chi connectivity index (χ4v) is 1.87. The molecule has 0 unspecified atom stereocenters. The SMILES string of the molecule is Cc1nn(CCC(=O)NCc2ccnn2C)cc1[N+](=O)[O-]. The van der Waals surface area contributed by atoms with Crippen LogP contribution < -0.4 is 5.32 Å². The number of aromatic nitrogens is 4. The molecule has 9 nitrogen and oxygen atoms in total. The molecule has 0 aliphatic carbocycles. The summed E-state index contributed by atoms with van der Waals surface area (Å²) in [5.74, 6) is -0.146. The number of carbonyl (C=O) groups is 1. The van der Waals surface area contributed by atoms with Crippen molar-refractivity contribution in [1.29, 1.82) is 0 Å². The first-order valence-corrected chi connectivity index (χ1v) is 6.39. The molecule has 2 heterocycles. The number of hydrogen-bond acceptors (Lipinski definition) is 5. The lowest BCUT2D eigenvalue weighted by Crippen LogP contribution is -2.25. The molecule has 2 aromatic rings. The Labute approximate surface area is 120 Å². The first-order chi connectivity index (χ1) is 9.97. The normalized spacial score (nSPS) is 10.6. The lowest BCUT2D eigenvalue weighted by molar-refractivity contribution is -0.385. The van der Waals surface area contributed by atoms with E-state index in [1.54, 1.807) is 24.9 Å². The molecule has 0 aliphatic rings. The minimum Gasteiger partial charge on any atom is -0.350 e. The Morgan fingerprint density at radius 3 is 2.86 bits per heavy atom. The van der Waals surface area contributed by atoms with Crippen LogP contribution in [0.15, 0.2) is 18.5 Å². The Kier molecular flexibility index (Phi) is 4.31. The van der Waals surface area contributed by atoms with Gasteiger partial charge in [0, 0.05) is 26.2 Å². The third-order valence-electron chi connectivity index (χ3n) is 3.07. The van der Waals surface area contributed by atoms with Gasteiger partial charge < -0.3 is 5.32 Å². The van der Waals surface area contributed by atoms with Gasteiger partial charge in [0.15, 0.2) is 0 Å². The van der Waals surface area contributed by atoms with Gasteiger partial charge in [-0.15, -0.1) is 0 Å². The zero-order valence-electron chi connectivity index (χ0n) is 11.8. The van der Waals surface area contributed by atoms with Gasteiger partial charge in [-0.3, -0.25) is 24.3 Å². The molecule has 0 saturated heterocycles. The van der Waals surface area contributed by atoms with Crippen LogP contribution in [0.1, 0.15) is 17.8 Å². The lowest BCUT2D eigenvalue weighted by atomic mass is 10.3. The van der Waals surface area contributed by atoms with E-state index in [1.807, 2.05) is 6.07 Å². The maximum atomic E-state index is 11.7. The second-order valence-electron chi connectivity index (χ2n) is 4.59. The summed E-state index contributed by atoms with van der Waals surface area (Å²) in [6, 6.07) is 1.82. The highest BCUT2D eigenvalue weighted by Crippen LogP contribution is 2.14. The highest BCUT2D eigenvalue weighted by atomic mass is 16.6. The van der Waals surface area contributed by atoms with Gasteiger partial charge in [-0.05, 0) is 13.0 Å². The van der Waals surface area contributed by atoms with E-state index < -0.39 is 4.92 Å². The number of amides is 1. The van der Waals surface area contributed by atoms with Crippen molar-refractivity contribution in [2.24, 2.45) is 7.05 Å². The van der Waals surface area contributed by atoms with Crippen molar-refractivity contribution in [2.45, 2.75) is 26.4 Å². The van der Waals surface area contributed by atoms with E-state index in [2.05, 4.69) is 15.5 Å². The van der Waals surface area contributed by atoms with Crippen molar-refractivity contribution >= 4 is 11.6 Å². The summed E-state index contributed by atoms with van der Waals surface area (Å²) in [4.78, 5) is 22.0. The van der Waals surface area contributed by atoms with Crippen LogP contribution >= 0.6 is 0 Å². The number of aryl methyl sites for hydroxylation is 3. The van der Waals surface area contributed by atoms with Crippen molar-refractivity contribution in [3.05, 3.63) is 40.0 Å². The summed E-state index contributed by atoms with van der Waals surface area (Å²) in [5.41, 5.74) is 1.20. The predicted octanol–water partition coefficient (Wildman–Crippen LogP) is 0.540. The number of carbonyl (C=O) groups excluding carboxylic acids is 1. The molecule has 0 aromatic carbocycles. The molecule has 112 valence electrons. The van der Waals surface area contributed by atoms with E-state index in [1.165, 1.54) is 10.9 Å². The molecule has 21 heavy (non-hydrogen) atoms. The predicted molar refractivity (Wildman–Crippen MR) is 73.3 cm³/mol. The molecular weight excluding hydrogens is 276 g/mol. The summed E-state index contributed by atoms with van der Waals surface area (Å²) in [5, 5.41) is 21.5. The topological polar surface area (TPSA) is 108 Å². The minimum absolute atomic E-state index is 0.0368. The van der Waals surface area contributed by atoms with Crippen LogP contribution in [0, 0.1) is 17.0 Å². The fourth-order valence-electron chi connectivity index (χ4n) is 1.87. The average molecular weight is 292 g/mol. The van der Waals surface area contributed by atoms with Gasteiger partial charge in [-0.2, -0.15) is 10.2 Å². The molecule has 0 saturated carbocycles. The Balaban J connectivity index is 1.82. The summed E-state index contributed by atoms with van der Waals surface area (Å²) in [7, 11) is 1.80. The van der Waals surface area contributed by atoms with Crippen LogP contribution in [-0.4, -0.2) is 30.4 Å². The maximum absolute atomic E-state index is 11.7. The van der Waals surface area contributed by atoms with E-state index in [4.69, 9.17) is 0 Å². The van der Waals surface area contributed by atoms with Gasteiger partial charge in [-0.1, -0.05) is 0 Å². The number of nitrogens with one attached hydrogen (secondary N) is 1. The van der Waals surface area contributed by atoms with Gasteiger partial charge >= 0.3 is 5.69 Å². The first kappa shape index (κ1) is 14.7. The molecule has 0 atom stereocenters. The largest absolute Gasteiger partial charge is 0.350 e. The number of rotatable bonds is 6. The maximum Gasteiger partial charge on any atom is 0.309 e. The zero-order chi connectivity index (χ0) is 15.4. The quantitative estimate of drug-likeness (QED) is 0.617. The molecular formula is C12H16N6O3. The van der Waals surface area contributed by atoms with E-state index in [0.717, 1.165) is 5.69 Å². The van der Waals surface area contributed by atoms with Crippen molar-refractivity contribution in [2.75, 3.05) is 0 Å². The molecule has 0 fully saturated rings. The summed E-state index contributed by atoms with van der Waals surface area (Å²) in [6.45, 7) is 2.26. The summed E-state index contributed by atoms with van der Waals surface area (Å²) < 4.78 is 3.09. The fraction of sp³-hybridized carbons (Fsp3) is 0.417. The average Bonchev–Trinajstić information content (AvgIpc) is 3.00. The van der Waals surface area contributed by atoms with Crippen LogP contribution in [0.5, 0.6) is 0 Å². The lowest BCUT2D eigenvalue weighted by Gasteiger charge is -2.05. The number of hydrogen-bond donors (Lipinski definition) is 1. The van der Waals surface area contributed by atoms with Crippen LogP contribution in [-0.2, 0) is 24.9 Å². The second-order valence-corrected chi connectivity index (χ2v) is 4.59. The van der Waals surface area contributed by atoms with Gasteiger partial charge in [0.1, 0.15) is 11.9 Å². The van der Waals surface area contributed by atoms with Crippen LogP contribution in [0.3, 0.4) is 0 Å².